The fraction of sp³-hybridized carbons (Fsp3) is 0.400. The monoisotopic (exact) mass is 328 g/mol. The topological polar surface area (TPSA) is 21.8 Å². The molecule has 0 amide bonds. The fourth-order valence-electron chi connectivity index (χ4n) is 2.79. The lowest BCUT2D eigenvalue weighted by Gasteiger charge is -2.10. The van der Waals surface area contributed by atoms with Gasteiger partial charge in [0, 0.05) is 17.3 Å². The van der Waals surface area contributed by atoms with Crippen LogP contribution in [0.2, 0.25) is 0 Å². The van der Waals surface area contributed by atoms with Crippen molar-refractivity contribution in [3.05, 3.63) is 66.2 Å². The normalized spacial score (nSPS) is 22.9. The van der Waals surface area contributed by atoms with E-state index in [-0.39, 0.29) is 5.60 Å². The van der Waals surface area contributed by atoms with Crippen LogP contribution in [-0.4, -0.2) is 24.1 Å². The standard InChI is InChI=1S/C20H24O2S/c1-2-20(16-23-18-11-7-4-8-12-18)19(22-20)13-14-21-15-17-9-5-3-6-10-17/h3-12,19H,2,13-16H2,1H3/t19-,20-/m0/s1. The largest absolute Gasteiger partial charge is 0.377 e. The van der Waals surface area contributed by atoms with Crippen LogP contribution < -0.4 is 0 Å². The second kappa shape index (κ2) is 8.00. The molecule has 122 valence electrons. The lowest BCUT2D eigenvalue weighted by Crippen LogP contribution is -2.18. The van der Waals surface area contributed by atoms with Gasteiger partial charge < -0.3 is 9.47 Å². The summed E-state index contributed by atoms with van der Waals surface area (Å²) in [6, 6.07) is 20.9. The van der Waals surface area contributed by atoms with E-state index in [1.165, 1.54) is 10.5 Å². The summed E-state index contributed by atoms with van der Waals surface area (Å²) in [6.07, 6.45) is 2.39. The van der Waals surface area contributed by atoms with E-state index in [1.54, 1.807) is 0 Å². The average molecular weight is 328 g/mol. The smallest absolute Gasteiger partial charge is 0.104 e. The van der Waals surface area contributed by atoms with E-state index in [2.05, 4.69) is 49.4 Å². The third-order valence-electron chi connectivity index (χ3n) is 4.37. The Labute approximate surface area is 143 Å². The zero-order valence-corrected chi connectivity index (χ0v) is 14.4. The number of rotatable bonds is 9. The van der Waals surface area contributed by atoms with Crippen LogP contribution in [-0.2, 0) is 16.1 Å². The molecule has 3 heteroatoms. The van der Waals surface area contributed by atoms with Crippen LogP contribution in [0.25, 0.3) is 0 Å². The summed E-state index contributed by atoms with van der Waals surface area (Å²) in [5, 5.41) is 0. The predicted molar refractivity (Wildman–Crippen MR) is 95.8 cm³/mol. The summed E-state index contributed by atoms with van der Waals surface area (Å²) in [5.41, 5.74) is 1.28. The van der Waals surface area contributed by atoms with Crippen molar-refractivity contribution >= 4 is 11.8 Å². The second-order valence-electron chi connectivity index (χ2n) is 5.95. The van der Waals surface area contributed by atoms with Crippen molar-refractivity contribution < 1.29 is 9.47 Å². The van der Waals surface area contributed by atoms with Crippen LogP contribution in [0, 0.1) is 0 Å². The number of hydrogen-bond acceptors (Lipinski definition) is 3. The minimum absolute atomic E-state index is 0.0522. The van der Waals surface area contributed by atoms with E-state index in [0.29, 0.717) is 12.7 Å². The van der Waals surface area contributed by atoms with Crippen molar-refractivity contribution in [2.75, 3.05) is 12.4 Å². The molecular weight excluding hydrogens is 304 g/mol. The van der Waals surface area contributed by atoms with Crippen molar-refractivity contribution in [1.82, 2.24) is 0 Å². The number of thioether (sulfide) groups is 1. The average Bonchev–Trinajstić information content (AvgIpc) is 3.32. The van der Waals surface area contributed by atoms with Gasteiger partial charge in [0.05, 0.1) is 12.7 Å². The van der Waals surface area contributed by atoms with Crippen LogP contribution in [0.1, 0.15) is 25.3 Å². The summed E-state index contributed by atoms with van der Waals surface area (Å²) in [4.78, 5) is 1.31. The molecule has 1 aliphatic heterocycles. The number of hydrogen-bond donors (Lipinski definition) is 0. The summed E-state index contributed by atoms with van der Waals surface area (Å²) in [6.45, 7) is 3.67. The molecular formula is C20H24O2S. The van der Waals surface area contributed by atoms with Crippen molar-refractivity contribution in [3.8, 4) is 0 Å². The summed E-state index contributed by atoms with van der Waals surface area (Å²) < 4.78 is 11.8. The highest BCUT2D eigenvalue weighted by Crippen LogP contribution is 2.45. The van der Waals surface area contributed by atoms with Gasteiger partial charge in [-0.2, -0.15) is 0 Å². The van der Waals surface area contributed by atoms with E-state index < -0.39 is 0 Å². The highest BCUT2D eigenvalue weighted by Gasteiger charge is 2.54. The molecule has 0 spiro atoms. The van der Waals surface area contributed by atoms with Gasteiger partial charge in [-0.1, -0.05) is 55.5 Å². The third-order valence-corrected chi connectivity index (χ3v) is 5.61. The maximum atomic E-state index is 6.03. The van der Waals surface area contributed by atoms with Crippen molar-refractivity contribution in [2.45, 2.75) is 43.0 Å². The minimum Gasteiger partial charge on any atom is -0.377 e. The summed E-state index contributed by atoms with van der Waals surface area (Å²) in [5.74, 6) is 1.02. The maximum Gasteiger partial charge on any atom is 0.104 e. The van der Waals surface area contributed by atoms with Gasteiger partial charge in [-0.3, -0.25) is 0 Å². The summed E-state index contributed by atoms with van der Waals surface area (Å²) >= 11 is 1.89. The van der Waals surface area contributed by atoms with Crippen LogP contribution in [0.3, 0.4) is 0 Å². The molecule has 0 aliphatic carbocycles. The van der Waals surface area contributed by atoms with Crippen molar-refractivity contribution in [3.63, 3.8) is 0 Å². The van der Waals surface area contributed by atoms with Crippen LogP contribution in [0.15, 0.2) is 65.6 Å². The molecule has 2 atom stereocenters. The Balaban J connectivity index is 1.38. The number of benzene rings is 2. The molecule has 0 radical (unpaired) electrons. The molecule has 2 aromatic rings. The Hall–Kier alpha value is -1.29. The third kappa shape index (κ3) is 4.60. The quantitative estimate of drug-likeness (QED) is 0.370. The molecule has 1 saturated heterocycles. The minimum atomic E-state index is 0.0522. The van der Waals surface area contributed by atoms with Crippen LogP contribution in [0.5, 0.6) is 0 Å². The van der Waals surface area contributed by atoms with E-state index in [0.717, 1.165) is 25.2 Å². The van der Waals surface area contributed by atoms with Crippen LogP contribution in [0.4, 0.5) is 0 Å². The SMILES string of the molecule is CC[C@@]1(CSc2ccccc2)O[C@H]1CCOCc1ccccc1. The summed E-state index contributed by atoms with van der Waals surface area (Å²) in [7, 11) is 0. The van der Waals surface area contributed by atoms with Gasteiger partial charge in [0.25, 0.3) is 0 Å². The Morgan fingerprint density at radius 1 is 1.04 bits per heavy atom. The first-order valence-corrected chi connectivity index (χ1v) is 9.28. The van der Waals surface area contributed by atoms with Gasteiger partial charge in [-0.25, -0.2) is 0 Å². The first-order valence-electron chi connectivity index (χ1n) is 8.30. The first-order chi connectivity index (χ1) is 11.3. The Morgan fingerprint density at radius 2 is 1.74 bits per heavy atom. The zero-order chi connectivity index (χ0) is 16.0. The second-order valence-corrected chi connectivity index (χ2v) is 7.00. The zero-order valence-electron chi connectivity index (χ0n) is 13.6. The van der Waals surface area contributed by atoms with E-state index in [1.807, 2.05) is 30.0 Å². The lowest BCUT2D eigenvalue weighted by molar-refractivity contribution is 0.113. The van der Waals surface area contributed by atoms with Crippen molar-refractivity contribution in [2.24, 2.45) is 0 Å². The van der Waals surface area contributed by atoms with Gasteiger partial charge in [0.1, 0.15) is 5.60 Å². The predicted octanol–water partition coefficient (Wildman–Crippen LogP) is 4.93. The molecule has 3 rings (SSSR count). The molecule has 0 N–H and O–H groups in total. The molecule has 0 bridgehead atoms. The van der Waals surface area contributed by atoms with Gasteiger partial charge in [-0.05, 0) is 30.5 Å². The first kappa shape index (κ1) is 16.6. The van der Waals surface area contributed by atoms with Gasteiger partial charge in [0.2, 0.25) is 0 Å². The number of epoxide rings is 1. The highest BCUT2D eigenvalue weighted by atomic mass is 32.2. The van der Waals surface area contributed by atoms with Gasteiger partial charge in [0.15, 0.2) is 0 Å². The highest BCUT2D eigenvalue weighted by molar-refractivity contribution is 7.99. The maximum absolute atomic E-state index is 6.03. The van der Waals surface area contributed by atoms with Crippen molar-refractivity contribution in [1.29, 1.82) is 0 Å². The molecule has 0 unspecified atom stereocenters. The Kier molecular flexibility index (Phi) is 5.76. The molecule has 23 heavy (non-hydrogen) atoms. The molecule has 1 heterocycles. The Morgan fingerprint density at radius 3 is 2.43 bits per heavy atom. The molecule has 1 fully saturated rings. The van der Waals surface area contributed by atoms with E-state index >= 15 is 0 Å². The molecule has 0 saturated carbocycles. The fourth-order valence-corrected chi connectivity index (χ4v) is 4.01. The lowest BCUT2D eigenvalue weighted by atomic mass is 10.0. The van der Waals surface area contributed by atoms with Crippen LogP contribution >= 0.6 is 11.8 Å². The molecule has 2 nitrogen and oxygen atoms in total. The number of ether oxygens (including phenoxy) is 2. The molecule has 0 aromatic heterocycles. The molecule has 1 aliphatic rings. The van der Waals surface area contributed by atoms with E-state index in [9.17, 15) is 0 Å². The van der Waals surface area contributed by atoms with Gasteiger partial charge >= 0.3 is 0 Å². The van der Waals surface area contributed by atoms with Gasteiger partial charge in [-0.15, -0.1) is 11.8 Å². The van der Waals surface area contributed by atoms with E-state index in [4.69, 9.17) is 9.47 Å². The molecule has 2 aromatic carbocycles. The Bertz CT molecular complexity index is 587.